The molecular weight excluding hydrogens is 249 g/mol. The molecule has 0 amide bonds. The molecule has 1 aromatic heterocycles. The molecule has 0 atom stereocenters. The number of hydrogen-bond acceptors (Lipinski definition) is 2. The van der Waals surface area contributed by atoms with Gasteiger partial charge >= 0.3 is 12.1 Å². The Morgan fingerprint density at radius 3 is 2.28 bits per heavy atom. The van der Waals surface area contributed by atoms with Crippen LogP contribution in [0.1, 0.15) is 16.1 Å². The lowest BCUT2D eigenvalue weighted by Gasteiger charge is -2.07. The van der Waals surface area contributed by atoms with Gasteiger partial charge in [0.1, 0.15) is 6.33 Å². The van der Waals surface area contributed by atoms with Crippen molar-refractivity contribution >= 4 is 5.97 Å². The highest BCUT2D eigenvalue weighted by molar-refractivity contribution is 5.85. The number of benzene rings is 1. The molecule has 0 fully saturated rings. The number of nitrogens with zero attached hydrogens (tertiary/aromatic N) is 2. The van der Waals surface area contributed by atoms with Crippen molar-refractivity contribution in [3.8, 4) is 5.69 Å². The van der Waals surface area contributed by atoms with Gasteiger partial charge in [-0.05, 0) is 24.3 Å². The second-order valence-electron chi connectivity index (χ2n) is 3.52. The van der Waals surface area contributed by atoms with E-state index in [1.807, 2.05) is 0 Å². The molecule has 1 N–H and O–H groups in total. The van der Waals surface area contributed by atoms with Crippen molar-refractivity contribution in [2.24, 2.45) is 0 Å². The van der Waals surface area contributed by atoms with Crippen LogP contribution in [0.5, 0.6) is 0 Å². The largest absolute Gasteiger partial charge is 0.476 e. The molecule has 0 bridgehead atoms. The van der Waals surface area contributed by atoms with E-state index in [0.717, 1.165) is 12.1 Å². The number of aromatic carboxylic acids is 1. The Kier molecular flexibility index (Phi) is 2.82. The highest BCUT2D eigenvalue weighted by Crippen LogP contribution is 2.29. The second kappa shape index (κ2) is 4.17. The summed E-state index contributed by atoms with van der Waals surface area (Å²) in [7, 11) is 0. The fraction of sp³-hybridized carbons (Fsp3) is 0.0909. The number of rotatable bonds is 2. The molecule has 7 heteroatoms. The highest BCUT2D eigenvalue weighted by atomic mass is 19.4. The van der Waals surface area contributed by atoms with Crippen molar-refractivity contribution in [3.63, 3.8) is 0 Å². The van der Waals surface area contributed by atoms with E-state index in [0.29, 0.717) is 5.69 Å². The molecule has 0 radical (unpaired) electrons. The first-order valence-corrected chi connectivity index (χ1v) is 4.83. The summed E-state index contributed by atoms with van der Waals surface area (Å²) >= 11 is 0. The monoisotopic (exact) mass is 256 g/mol. The average molecular weight is 256 g/mol. The van der Waals surface area contributed by atoms with Crippen molar-refractivity contribution in [2.75, 3.05) is 0 Å². The SMILES string of the molecule is O=C(O)c1cn(-c2ccc(C(F)(F)F)cc2)cn1. The predicted molar refractivity (Wildman–Crippen MR) is 55.5 cm³/mol. The first-order valence-electron chi connectivity index (χ1n) is 4.83. The van der Waals surface area contributed by atoms with E-state index in [1.165, 1.54) is 29.2 Å². The molecule has 0 saturated heterocycles. The topological polar surface area (TPSA) is 55.1 Å². The minimum Gasteiger partial charge on any atom is -0.476 e. The zero-order valence-corrected chi connectivity index (χ0v) is 8.85. The van der Waals surface area contributed by atoms with Crippen LogP contribution >= 0.6 is 0 Å². The molecule has 0 unspecified atom stereocenters. The van der Waals surface area contributed by atoms with Gasteiger partial charge in [0.2, 0.25) is 0 Å². The number of halogens is 3. The third kappa shape index (κ3) is 2.34. The van der Waals surface area contributed by atoms with Gasteiger partial charge in [-0.1, -0.05) is 0 Å². The highest BCUT2D eigenvalue weighted by Gasteiger charge is 2.29. The van der Waals surface area contributed by atoms with Gasteiger partial charge in [0.25, 0.3) is 0 Å². The van der Waals surface area contributed by atoms with Gasteiger partial charge in [0.15, 0.2) is 5.69 Å². The number of carbonyl (C=O) groups is 1. The van der Waals surface area contributed by atoms with Gasteiger partial charge in [-0.2, -0.15) is 13.2 Å². The summed E-state index contributed by atoms with van der Waals surface area (Å²) in [5.74, 6) is -1.19. The van der Waals surface area contributed by atoms with E-state index in [9.17, 15) is 18.0 Å². The van der Waals surface area contributed by atoms with Gasteiger partial charge in [0.05, 0.1) is 5.56 Å². The minimum atomic E-state index is -4.39. The molecule has 0 aliphatic carbocycles. The first kappa shape index (κ1) is 12.2. The van der Waals surface area contributed by atoms with Crippen molar-refractivity contribution < 1.29 is 23.1 Å². The Hall–Kier alpha value is -2.31. The van der Waals surface area contributed by atoms with Gasteiger partial charge < -0.3 is 9.67 Å². The lowest BCUT2D eigenvalue weighted by atomic mass is 10.2. The quantitative estimate of drug-likeness (QED) is 0.898. The number of hydrogen-bond donors (Lipinski definition) is 1. The zero-order valence-electron chi connectivity index (χ0n) is 8.85. The maximum absolute atomic E-state index is 12.3. The lowest BCUT2D eigenvalue weighted by Crippen LogP contribution is -2.04. The van der Waals surface area contributed by atoms with Crippen LogP contribution in [0.4, 0.5) is 13.2 Å². The molecule has 94 valence electrons. The molecule has 0 saturated carbocycles. The number of imidazole rings is 1. The Labute approximate surface area is 99.3 Å². The van der Waals surface area contributed by atoms with Gasteiger partial charge in [0, 0.05) is 11.9 Å². The molecule has 0 aliphatic rings. The molecule has 4 nitrogen and oxygen atoms in total. The number of carboxylic acids is 1. The maximum Gasteiger partial charge on any atom is 0.416 e. The second-order valence-corrected chi connectivity index (χ2v) is 3.52. The standard InChI is InChI=1S/C11H7F3N2O2/c12-11(13,14)7-1-3-8(4-2-7)16-5-9(10(17)18)15-6-16/h1-6H,(H,17,18). The molecule has 2 aromatic rings. The zero-order chi connectivity index (χ0) is 13.3. The summed E-state index contributed by atoms with van der Waals surface area (Å²) < 4.78 is 38.3. The maximum atomic E-state index is 12.3. The predicted octanol–water partition coefficient (Wildman–Crippen LogP) is 2.59. The summed E-state index contributed by atoms with van der Waals surface area (Å²) in [5.41, 5.74) is -0.525. The molecule has 1 heterocycles. The molecule has 0 spiro atoms. The molecule has 18 heavy (non-hydrogen) atoms. The molecule has 1 aromatic carbocycles. The van der Waals surface area contributed by atoms with E-state index < -0.39 is 17.7 Å². The summed E-state index contributed by atoms with van der Waals surface area (Å²) in [4.78, 5) is 14.2. The van der Waals surface area contributed by atoms with Crippen LogP contribution in [-0.4, -0.2) is 20.6 Å². The van der Waals surface area contributed by atoms with Crippen LogP contribution in [0.15, 0.2) is 36.8 Å². The molecule has 2 rings (SSSR count). The molecule has 0 aliphatic heterocycles. The molecular formula is C11H7F3N2O2. The van der Waals surface area contributed by atoms with Crippen molar-refractivity contribution in [1.82, 2.24) is 9.55 Å². The Morgan fingerprint density at radius 1 is 1.22 bits per heavy atom. The Morgan fingerprint density at radius 2 is 1.83 bits per heavy atom. The number of alkyl halides is 3. The van der Waals surface area contributed by atoms with Gasteiger partial charge in [-0.15, -0.1) is 0 Å². The summed E-state index contributed by atoms with van der Waals surface area (Å²) in [6.07, 6.45) is -1.93. The summed E-state index contributed by atoms with van der Waals surface area (Å²) in [6.45, 7) is 0. The van der Waals surface area contributed by atoms with Crippen LogP contribution in [0, 0.1) is 0 Å². The van der Waals surface area contributed by atoms with Crippen LogP contribution in [0.25, 0.3) is 5.69 Å². The third-order valence-corrected chi connectivity index (χ3v) is 2.29. The fourth-order valence-electron chi connectivity index (χ4n) is 1.40. The fourth-order valence-corrected chi connectivity index (χ4v) is 1.40. The van der Waals surface area contributed by atoms with E-state index in [-0.39, 0.29) is 5.69 Å². The van der Waals surface area contributed by atoms with Crippen LogP contribution in [0.3, 0.4) is 0 Å². The number of carboxylic acid groups (broad SMARTS) is 1. The van der Waals surface area contributed by atoms with E-state index in [4.69, 9.17) is 5.11 Å². The Balaban J connectivity index is 2.31. The van der Waals surface area contributed by atoms with Gasteiger partial charge in [-0.25, -0.2) is 9.78 Å². The van der Waals surface area contributed by atoms with E-state index in [1.54, 1.807) is 0 Å². The Bertz CT molecular complexity index is 573. The van der Waals surface area contributed by atoms with Gasteiger partial charge in [-0.3, -0.25) is 0 Å². The third-order valence-electron chi connectivity index (χ3n) is 2.29. The van der Waals surface area contributed by atoms with Crippen LogP contribution in [0.2, 0.25) is 0 Å². The summed E-state index contributed by atoms with van der Waals surface area (Å²) in [5, 5.41) is 8.67. The smallest absolute Gasteiger partial charge is 0.416 e. The first-order chi connectivity index (χ1) is 8.38. The normalized spacial score (nSPS) is 11.5. The van der Waals surface area contributed by atoms with E-state index in [2.05, 4.69) is 4.98 Å². The van der Waals surface area contributed by atoms with Crippen molar-refractivity contribution in [2.45, 2.75) is 6.18 Å². The summed E-state index contributed by atoms with van der Waals surface area (Å²) in [6, 6.07) is 4.35. The number of aromatic nitrogens is 2. The minimum absolute atomic E-state index is 0.171. The lowest BCUT2D eigenvalue weighted by molar-refractivity contribution is -0.137. The van der Waals surface area contributed by atoms with Crippen molar-refractivity contribution in [3.05, 3.63) is 48.0 Å². The van der Waals surface area contributed by atoms with E-state index >= 15 is 0 Å². The average Bonchev–Trinajstić information content (AvgIpc) is 2.77. The van der Waals surface area contributed by atoms with Crippen LogP contribution < -0.4 is 0 Å². The van der Waals surface area contributed by atoms with Crippen LogP contribution in [-0.2, 0) is 6.18 Å². The van der Waals surface area contributed by atoms with Crippen molar-refractivity contribution in [1.29, 1.82) is 0 Å².